The molecule has 0 unspecified atom stereocenters. The lowest BCUT2D eigenvalue weighted by Gasteiger charge is -2.17. The van der Waals surface area contributed by atoms with Crippen molar-refractivity contribution in [2.75, 3.05) is 13.7 Å². The average molecular weight is 212 g/mol. The number of rotatable bonds is 3. The fourth-order valence-electron chi connectivity index (χ4n) is 1.66. The van der Waals surface area contributed by atoms with Crippen LogP contribution >= 0.6 is 12.2 Å². The summed E-state index contributed by atoms with van der Waals surface area (Å²) in [5.74, 6) is 0. The van der Waals surface area contributed by atoms with Gasteiger partial charge in [0.1, 0.15) is 0 Å². The zero-order valence-electron chi connectivity index (χ0n) is 7.95. The molecule has 0 aliphatic heterocycles. The smallest absolute Gasteiger partial charge is 0.251 e. The largest absolute Gasteiger partial charge is 0.382 e. The number of hydrogen-bond acceptors (Lipinski definition) is 3. The molecule has 1 saturated carbocycles. The molecule has 1 aliphatic rings. The average Bonchev–Trinajstić information content (AvgIpc) is 2.86. The van der Waals surface area contributed by atoms with Crippen LogP contribution in [0, 0.1) is 4.77 Å². The summed E-state index contributed by atoms with van der Waals surface area (Å²) in [6.07, 6.45) is 3.86. The van der Waals surface area contributed by atoms with Crippen molar-refractivity contribution in [1.82, 2.24) is 9.55 Å². The van der Waals surface area contributed by atoms with E-state index in [1.807, 2.05) is 4.57 Å². The Morgan fingerprint density at radius 3 is 2.93 bits per heavy atom. The van der Waals surface area contributed by atoms with E-state index in [-0.39, 0.29) is 11.1 Å². The Labute approximate surface area is 86.5 Å². The quantitative estimate of drug-likeness (QED) is 0.762. The summed E-state index contributed by atoms with van der Waals surface area (Å²) in [5.41, 5.74) is -0.157. The number of nitrogens with zero attached hydrogens (tertiary/aromatic N) is 1. The molecule has 1 fully saturated rings. The van der Waals surface area contributed by atoms with Gasteiger partial charge in [-0.1, -0.05) is 0 Å². The number of nitrogens with one attached hydrogen (secondary N) is 1. The van der Waals surface area contributed by atoms with Gasteiger partial charge in [-0.2, -0.15) is 0 Å². The van der Waals surface area contributed by atoms with Gasteiger partial charge < -0.3 is 9.30 Å². The zero-order chi connectivity index (χ0) is 10.2. The van der Waals surface area contributed by atoms with Crippen LogP contribution in [0.3, 0.4) is 0 Å². The number of H-pyrrole nitrogens is 1. The van der Waals surface area contributed by atoms with Gasteiger partial charge in [-0.05, 0) is 25.1 Å². The van der Waals surface area contributed by atoms with Crippen LogP contribution in [0.5, 0.6) is 0 Å². The molecule has 4 nitrogen and oxygen atoms in total. The van der Waals surface area contributed by atoms with Gasteiger partial charge in [0.25, 0.3) is 5.56 Å². The molecule has 2 rings (SSSR count). The van der Waals surface area contributed by atoms with Gasteiger partial charge in [0, 0.05) is 19.4 Å². The van der Waals surface area contributed by atoms with Crippen LogP contribution in [0.4, 0.5) is 0 Å². The second-order valence-corrected chi connectivity index (χ2v) is 4.02. The summed E-state index contributed by atoms with van der Waals surface area (Å²) in [6.45, 7) is 0.646. The van der Waals surface area contributed by atoms with Gasteiger partial charge in [-0.25, -0.2) is 0 Å². The molecule has 0 radical (unpaired) electrons. The van der Waals surface area contributed by atoms with Crippen LogP contribution in [0.15, 0.2) is 17.1 Å². The molecule has 76 valence electrons. The minimum Gasteiger partial charge on any atom is -0.382 e. The third-order valence-corrected chi connectivity index (χ3v) is 2.87. The van der Waals surface area contributed by atoms with E-state index in [1.165, 1.54) is 6.07 Å². The molecule has 1 aromatic heterocycles. The van der Waals surface area contributed by atoms with Crippen molar-refractivity contribution < 1.29 is 4.74 Å². The minimum atomic E-state index is -0.153. The molecule has 0 amide bonds. The third kappa shape index (κ3) is 1.53. The van der Waals surface area contributed by atoms with E-state index in [1.54, 1.807) is 13.3 Å². The number of hydrogen-bond donors (Lipinski definition) is 1. The SMILES string of the molecule is COCC1(n2ccc(=O)[nH]c2=S)CC1. The normalized spacial score (nSPS) is 18.1. The highest BCUT2D eigenvalue weighted by Gasteiger charge is 2.44. The van der Waals surface area contributed by atoms with Crippen LogP contribution in [0.1, 0.15) is 12.8 Å². The summed E-state index contributed by atoms with van der Waals surface area (Å²) in [7, 11) is 1.68. The lowest BCUT2D eigenvalue weighted by molar-refractivity contribution is 0.142. The van der Waals surface area contributed by atoms with Crippen molar-refractivity contribution in [3.63, 3.8) is 0 Å². The topological polar surface area (TPSA) is 47.0 Å². The predicted octanol–water partition coefficient (Wildman–Crippen LogP) is 1.04. The Balaban J connectivity index is 2.42. The van der Waals surface area contributed by atoms with Gasteiger partial charge in [0.2, 0.25) is 0 Å². The molecule has 0 spiro atoms. The Morgan fingerprint density at radius 1 is 1.71 bits per heavy atom. The van der Waals surface area contributed by atoms with Crippen molar-refractivity contribution in [2.45, 2.75) is 18.4 Å². The molecule has 0 saturated heterocycles. The second kappa shape index (κ2) is 3.33. The number of methoxy groups -OCH3 is 1. The molecule has 1 N–H and O–H groups in total. The Morgan fingerprint density at radius 2 is 2.43 bits per heavy atom. The first-order chi connectivity index (χ1) is 6.68. The molecule has 1 heterocycles. The second-order valence-electron chi connectivity index (χ2n) is 3.64. The first-order valence-corrected chi connectivity index (χ1v) is 4.90. The van der Waals surface area contributed by atoms with Crippen molar-refractivity contribution in [1.29, 1.82) is 0 Å². The minimum absolute atomic E-state index is 0.00394. The molecule has 1 aromatic rings. The maximum absolute atomic E-state index is 11.0. The Hall–Kier alpha value is -0.940. The van der Waals surface area contributed by atoms with Gasteiger partial charge in [0.05, 0.1) is 12.1 Å². The van der Waals surface area contributed by atoms with E-state index >= 15 is 0 Å². The Bertz CT molecular complexity index is 445. The maximum atomic E-state index is 11.0. The van der Waals surface area contributed by atoms with Gasteiger partial charge in [-0.15, -0.1) is 0 Å². The summed E-state index contributed by atoms with van der Waals surface area (Å²) in [6, 6.07) is 1.49. The van der Waals surface area contributed by atoms with Gasteiger partial charge in [0.15, 0.2) is 4.77 Å². The summed E-state index contributed by atoms with van der Waals surface area (Å²) in [4.78, 5) is 13.6. The van der Waals surface area contributed by atoms with Crippen molar-refractivity contribution in [3.05, 3.63) is 27.4 Å². The van der Waals surface area contributed by atoms with Crippen LogP contribution in [-0.4, -0.2) is 23.3 Å². The predicted molar refractivity (Wildman–Crippen MR) is 55.0 cm³/mol. The molecule has 0 bridgehead atoms. The zero-order valence-corrected chi connectivity index (χ0v) is 8.76. The van der Waals surface area contributed by atoms with Crippen LogP contribution in [-0.2, 0) is 10.3 Å². The first kappa shape index (κ1) is 9.61. The third-order valence-electron chi connectivity index (χ3n) is 2.58. The molecular weight excluding hydrogens is 200 g/mol. The van der Waals surface area contributed by atoms with E-state index in [0.717, 1.165) is 12.8 Å². The van der Waals surface area contributed by atoms with E-state index in [4.69, 9.17) is 17.0 Å². The van der Waals surface area contributed by atoms with Crippen molar-refractivity contribution in [3.8, 4) is 0 Å². The Kier molecular flexibility index (Phi) is 2.28. The molecule has 1 aliphatic carbocycles. The summed E-state index contributed by atoms with van der Waals surface area (Å²) >= 11 is 5.09. The van der Waals surface area contributed by atoms with E-state index in [2.05, 4.69) is 4.98 Å². The van der Waals surface area contributed by atoms with Gasteiger partial charge in [-0.3, -0.25) is 9.78 Å². The van der Waals surface area contributed by atoms with Crippen LogP contribution in [0.25, 0.3) is 0 Å². The lowest BCUT2D eigenvalue weighted by Crippen LogP contribution is -2.26. The van der Waals surface area contributed by atoms with Crippen molar-refractivity contribution in [2.24, 2.45) is 0 Å². The highest BCUT2D eigenvalue weighted by Crippen LogP contribution is 2.43. The van der Waals surface area contributed by atoms with E-state index in [9.17, 15) is 4.79 Å². The fraction of sp³-hybridized carbons (Fsp3) is 0.556. The standard InChI is InChI=1S/C9H12N2O2S/c1-13-6-9(3-4-9)11-5-2-7(12)10-8(11)14/h2,5H,3-4,6H2,1H3,(H,10,12,14). The summed E-state index contributed by atoms with van der Waals surface area (Å²) in [5, 5.41) is 0. The lowest BCUT2D eigenvalue weighted by atomic mass is 10.3. The molecule has 0 atom stereocenters. The molecular formula is C9H12N2O2S. The highest BCUT2D eigenvalue weighted by molar-refractivity contribution is 7.71. The number of aromatic nitrogens is 2. The van der Waals surface area contributed by atoms with Gasteiger partial charge >= 0.3 is 0 Å². The maximum Gasteiger partial charge on any atom is 0.251 e. The van der Waals surface area contributed by atoms with Crippen LogP contribution < -0.4 is 5.56 Å². The van der Waals surface area contributed by atoms with Crippen LogP contribution in [0.2, 0.25) is 0 Å². The molecule has 5 heteroatoms. The summed E-state index contributed by atoms with van der Waals surface area (Å²) < 4.78 is 7.55. The fourth-order valence-corrected chi connectivity index (χ4v) is 2.01. The molecule has 14 heavy (non-hydrogen) atoms. The van der Waals surface area contributed by atoms with E-state index < -0.39 is 0 Å². The monoisotopic (exact) mass is 212 g/mol. The number of aromatic amines is 1. The van der Waals surface area contributed by atoms with E-state index in [0.29, 0.717) is 11.4 Å². The van der Waals surface area contributed by atoms with Crippen molar-refractivity contribution >= 4 is 12.2 Å². The number of ether oxygens (including phenoxy) is 1. The first-order valence-electron chi connectivity index (χ1n) is 4.49. The highest BCUT2D eigenvalue weighted by atomic mass is 32.1. The molecule has 0 aromatic carbocycles.